The lowest BCUT2D eigenvalue weighted by Gasteiger charge is -2.40. The highest BCUT2D eigenvalue weighted by Crippen LogP contribution is 2.42. The number of carboxylic acids is 1. The molecule has 0 radical (unpaired) electrons. The molecular formula is C27H27NO8S. The van der Waals surface area contributed by atoms with Crippen LogP contribution in [0.1, 0.15) is 33.5 Å². The van der Waals surface area contributed by atoms with Gasteiger partial charge in [-0.2, -0.15) is 8.42 Å². The smallest absolute Gasteiger partial charge is 0.344 e. The molecular weight excluding hydrogens is 498 g/mol. The number of nitrogens with zero attached hydrogens (tertiary/aromatic N) is 1. The molecule has 0 amide bonds. The minimum Gasteiger partial charge on any atom is -0.497 e. The van der Waals surface area contributed by atoms with Crippen LogP contribution in [0, 0.1) is 13.8 Å². The molecule has 2 aromatic carbocycles. The zero-order chi connectivity index (χ0) is 26.9. The number of aryl methyl sites for hydroxylation is 2. The Hall–Kier alpha value is -3.89. The number of allylic oxidation sites excluding steroid dienone is 1. The summed E-state index contributed by atoms with van der Waals surface area (Å²) in [5, 5.41) is 9.34. The highest BCUT2D eigenvalue weighted by molar-refractivity contribution is 7.85. The summed E-state index contributed by atoms with van der Waals surface area (Å²) in [6, 6.07) is 9.75. The normalized spacial score (nSPS) is 16.6. The van der Waals surface area contributed by atoms with Gasteiger partial charge in [-0.3, -0.25) is 4.55 Å². The number of hydrogen-bond donors (Lipinski definition) is 2. The van der Waals surface area contributed by atoms with Crippen LogP contribution in [0.5, 0.6) is 5.75 Å². The number of esters is 1. The third-order valence-corrected chi connectivity index (χ3v) is 7.11. The Labute approximate surface area is 215 Å². The number of benzene rings is 2. The first-order chi connectivity index (χ1) is 17.5. The molecule has 37 heavy (non-hydrogen) atoms. The highest BCUT2D eigenvalue weighted by atomic mass is 32.2. The van der Waals surface area contributed by atoms with Crippen LogP contribution in [0.3, 0.4) is 0 Å². The van der Waals surface area contributed by atoms with Gasteiger partial charge in [-0.05, 0) is 67.3 Å². The molecule has 1 atom stereocenters. The second kappa shape index (κ2) is 10.2. The van der Waals surface area contributed by atoms with Gasteiger partial charge in [-0.1, -0.05) is 24.3 Å². The first-order valence-electron chi connectivity index (χ1n) is 11.6. The largest absolute Gasteiger partial charge is 0.497 e. The zero-order valence-corrected chi connectivity index (χ0v) is 21.4. The second-order valence-corrected chi connectivity index (χ2v) is 10.4. The first-order valence-corrected chi connectivity index (χ1v) is 13.2. The molecule has 9 nitrogen and oxygen atoms in total. The average Bonchev–Trinajstić information content (AvgIpc) is 2.84. The van der Waals surface area contributed by atoms with Gasteiger partial charge in [0.2, 0.25) is 0 Å². The molecule has 2 N–H and O–H groups in total. The maximum atomic E-state index is 13.7. The molecule has 10 heteroatoms. The Morgan fingerprint density at radius 2 is 1.78 bits per heavy atom. The SMILES string of the molecule is COC1=CC2=C(C(=O)Oc3c(C)cc(C(=O)O)cc3C)c3ccccc3N(CCCS(=O)(=O)O)C2C=C1. The van der Waals surface area contributed by atoms with Crippen LogP contribution in [-0.2, 0) is 19.6 Å². The molecule has 2 aromatic rings. The molecule has 4 rings (SSSR count). The van der Waals surface area contributed by atoms with Gasteiger partial charge < -0.3 is 19.5 Å². The third kappa shape index (κ3) is 5.45. The van der Waals surface area contributed by atoms with Crippen molar-refractivity contribution in [1.82, 2.24) is 0 Å². The Balaban J connectivity index is 1.79. The summed E-state index contributed by atoms with van der Waals surface area (Å²) in [7, 11) is -2.60. The predicted molar refractivity (Wildman–Crippen MR) is 138 cm³/mol. The average molecular weight is 526 g/mol. The predicted octanol–water partition coefficient (Wildman–Crippen LogP) is 3.93. The van der Waals surface area contributed by atoms with Gasteiger partial charge in [-0.25, -0.2) is 9.59 Å². The number of anilines is 1. The van der Waals surface area contributed by atoms with Gasteiger partial charge in [0.05, 0.1) is 30.0 Å². The molecule has 1 unspecified atom stereocenters. The maximum Gasteiger partial charge on any atom is 0.344 e. The topological polar surface area (TPSA) is 130 Å². The summed E-state index contributed by atoms with van der Waals surface area (Å²) in [5.74, 6) is -1.25. The van der Waals surface area contributed by atoms with Crippen LogP contribution in [0.4, 0.5) is 5.69 Å². The summed E-state index contributed by atoms with van der Waals surface area (Å²) >= 11 is 0. The van der Waals surface area contributed by atoms with Crippen LogP contribution in [0.25, 0.3) is 5.57 Å². The summed E-state index contributed by atoms with van der Waals surface area (Å²) in [6.45, 7) is 3.67. The van der Waals surface area contributed by atoms with E-state index in [4.69, 9.17) is 9.47 Å². The lowest BCUT2D eigenvalue weighted by Crippen LogP contribution is -2.42. The second-order valence-electron chi connectivity index (χ2n) is 8.87. The van der Waals surface area contributed by atoms with Crippen LogP contribution in [0.15, 0.2) is 66.0 Å². The van der Waals surface area contributed by atoms with E-state index in [1.165, 1.54) is 19.2 Å². The number of carbonyl (C=O) groups is 2. The molecule has 0 saturated carbocycles. The Morgan fingerprint density at radius 1 is 1.11 bits per heavy atom. The fourth-order valence-corrected chi connectivity index (χ4v) is 5.21. The van der Waals surface area contributed by atoms with Crippen molar-refractivity contribution in [2.75, 3.05) is 24.3 Å². The molecule has 0 aromatic heterocycles. The van der Waals surface area contributed by atoms with Crippen molar-refractivity contribution in [3.05, 3.63) is 88.2 Å². The molecule has 0 bridgehead atoms. The van der Waals surface area contributed by atoms with Crippen molar-refractivity contribution in [2.24, 2.45) is 0 Å². The fourth-order valence-electron chi connectivity index (χ4n) is 4.72. The van der Waals surface area contributed by atoms with E-state index in [1.807, 2.05) is 23.1 Å². The number of rotatable bonds is 8. The van der Waals surface area contributed by atoms with E-state index >= 15 is 0 Å². The van der Waals surface area contributed by atoms with Crippen LogP contribution in [0.2, 0.25) is 0 Å². The van der Waals surface area contributed by atoms with Gasteiger partial charge >= 0.3 is 11.9 Å². The summed E-state index contributed by atoms with van der Waals surface area (Å²) in [5.41, 5.74) is 3.39. The summed E-state index contributed by atoms with van der Waals surface area (Å²) in [6.07, 6.45) is 5.57. The van der Waals surface area contributed by atoms with Gasteiger partial charge in [0.1, 0.15) is 11.5 Å². The molecule has 1 heterocycles. The molecule has 0 spiro atoms. The summed E-state index contributed by atoms with van der Waals surface area (Å²) < 4.78 is 43.1. The Bertz CT molecular complexity index is 1450. The van der Waals surface area contributed by atoms with Crippen molar-refractivity contribution in [3.63, 3.8) is 0 Å². The lowest BCUT2D eigenvalue weighted by atomic mass is 9.85. The first kappa shape index (κ1) is 26.2. The van der Waals surface area contributed by atoms with E-state index in [0.717, 1.165) is 0 Å². The van der Waals surface area contributed by atoms with Crippen molar-refractivity contribution in [1.29, 1.82) is 0 Å². The van der Waals surface area contributed by atoms with Crippen molar-refractivity contribution in [2.45, 2.75) is 26.3 Å². The number of hydrogen-bond acceptors (Lipinski definition) is 7. The number of carbonyl (C=O) groups excluding carboxylic acids is 1. The Morgan fingerprint density at radius 3 is 2.41 bits per heavy atom. The zero-order valence-electron chi connectivity index (χ0n) is 20.6. The van der Waals surface area contributed by atoms with Crippen molar-refractivity contribution in [3.8, 4) is 5.75 Å². The quantitative estimate of drug-likeness (QED) is 0.299. The minimum absolute atomic E-state index is 0.102. The number of carboxylic acid groups (broad SMARTS) is 1. The number of aromatic carboxylic acids is 1. The molecule has 2 aliphatic rings. The van der Waals surface area contributed by atoms with Crippen LogP contribution < -0.4 is 9.64 Å². The van der Waals surface area contributed by atoms with E-state index in [-0.39, 0.29) is 23.5 Å². The number of methoxy groups -OCH3 is 1. The third-order valence-electron chi connectivity index (χ3n) is 6.31. The number of ether oxygens (including phenoxy) is 2. The molecule has 1 aliphatic carbocycles. The van der Waals surface area contributed by atoms with Crippen LogP contribution in [-0.4, -0.2) is 55.5 Å². The monoisotopic (exact) mass is 525 g/mol. The molecule has 194 valence electrons. The van der Waals surface area contributed by atoms with E-state index in [9.17, 15) is 27.7 Å². The minimum atomic E-state index is -4.12. The van der Waals surface area contributed by atoms with Crippen molar-refractivity contribution < 1.29 is 37.1 Å². The van der Waals surface area contributed by atoms with E-state index < -0.39 is 28.1 Å². The van der Waals surface area contributed by atoms with Gasteiger partial charge in [0, 0.05) is 17.8 Å². The Kier molecular flexibility index (Phi) is 7.24. The van der Waals surface area contributed by atoms with E-state index in [0.29, 0.717) is 45.8 Å². The van der Waals surface area contributed by atoms with Crippen LogP contribution >= 0.6 is 0 Å². The summed E-state index contributed by atoms with van der Waals surface area (Å²) in [4.78, 5) is 27.1. The number of fused-ring (bicyclic) bond motifs is 2. The van der Waals surface area contributed by atoms with E-state index in [2.05, 4.69) is 0 Å². The fraction of sp³-hybridized carbons (Fsp3) is 0.259. The molecule has 0 saturated heterocycles. The molecule has 0 fully saturated rings. The van der Waals surface area contributed by atoms with Gasteiger partial charge in [-0.15, -0.1) is 0 Å². The maximum absolute atomic E-state index is 13.7. The van der Waals surface area contributed by atoms with Crippen molar-refractivity contribution >= 4 is 33.3 Å². The molecule has 1 aliphatic heterocycles. The van der Waals surface area contributed by atoms with Gasteiger partial charge in [0.15, 0.2) is 0 Å². The van der Waals surface area contributed by atoms with Gasteiger partial charge in [0.25, 0.3) is 10.1 Å². The highest BCUT2D eigenvalue weighted by Gasteiger charge is 2.36. The van der Waals surface area contributed by atoms with E-state index in [1.54, 1.807) is 38.1 Å². The standard InChI is InChI=1S/C27H27NO8S/c1-16-13-18(26(29)30)14-17(2)25(16)36-27(31)24-20-7-4-5-8-22(20)28(11-6-12-37(32,33)34)23-10-9-19(35-3)15-21(23)24/h4-5,7-10,13-15,23H,6,11-12H2,1-3H3,(H,29,30)(H,32,33,34). The lowest BCUT2D eigenvalue weighted by molar-refractivity contribution is -0.128. The number of para-hydroxylation sites is 1.